The van der Waals surface area contributed by atoms with Gasteiger partial charge in [0.2, 0.25) is 17.7 Å². The van der Waals surface area contributed by atoms with Crippen LogP contribution in [0.25, 0.3) is 0 Å². The van der Waals surface area contributed by atoms with Crippen LogP contribution in [-0.4, -0.2) is 110 Å². The van der Waals surface area contributed by atoms with Crippen LogP contribution in [0.3, 0.4) is 0 Å². The van der Waals surface area contributed by atoms with E-state index in [0.29, 0.717) is 58.5 Å². The van der Waals surface area contributed by atoms with E-state index in [9.17, 15) is 28.8 Å². The monoisotopic (exact) mass is 797 g/mol. The summed E-state index contributed by atoms with van der Waals surface area (Å²) in [5, 5.41) is 8.85. The minimum atomic E-state index is -0.947. The fourth-order valence-corrected chi connectivity index (χ4v) is 7.01. The van der Waals surface area contributed by atoms with E-state index >= 15 is 0 Å². The number of hydrogen-bond donors (Lipinski definition) is 3. The van der Waals surface area contributed by atoms with E-state index in [1.54, 1.807) is 0 Å². The van der Waals surface area contributed by atoms with Gasteiger partial charge in [-0.1, -0.05) is 79.1 Å². The summed E-state index contributed by atoms with van der Waals surface area (Å²) in [6.45, 7) is 17.5. The first-order chi connectivity index (χ1) is 26.7. The van der Waals surface area contributed by atoms with Crippen molar-refractivity contribution >= 4 is 35.4 Å². The van der Waals surface area contributed by atoms with E-state index in [4.69, 9.17) is 18.9 Å². The summed E-state index contributed by atoms with van der Waals surface area (Å²) < 4.78 is 23.9. The lowest BCUT2D eigenvalue weighted by atomic mass is 9.80. The highest BCUT2D eigenvalue weighted by atomic mass is 16.7. The van der Waals surface area contributed by atoms with E-state index in [2.05, 4.69) is 34.7 Å². The zero-order valence-corrected chi connectivity index (χ0v) is 35.9. The quantitative estimate of drug-likeness (QED) is 0.0464. The SMILES string of the molecule is CCCCCCCC(=O)CC(=O)NCCN(CCCC(=O)NC(=O)CCCCCCC)CCNCC1OC(OC(C)C)C(OC(C)=O)C(OC(C)=O)C1C(C)C. The minimum Gasteiger partial charge on any atom is -0.458 e. The molecule has 1 saturated heterocycles. The van der Waals surface area contributed by atoms with Crippen LogP contribution in [0.2, 0.25) is 0 Å². The Labute approximate surface area is 337 Å². The number of carbonyl (C=O) groups excluding carboxylic acids is 6. The lowest BCUT2D eigenvalue weighted by molar-refractivity contribution is -0.303. The van der Waals surface area contributed by atoms with Crippen molar-refractivity contribution in [3.63, 3.8) is 0 Å². The van der Waals surface area contributed by atoms with Crippen LogP contribution in [0.5, 0.6) is 0 Å². The number of Topliss-reactive ketones (excluding diaryl/α,β-unsaturated/α-hetero) is 1. The number of imide groups is 1. The van der Waals surface area contributed by atoms with Crippen LogP contribution in [0.15, 0.2) is 0 Å². The molecular weight excluding hydrogens is 720 g/mol. The molecule has 1 aliphatic heterocycles. The molecule has 0 aliphatic carbocycles. The van der Waals surface area contributed by atoms with Crippen LogP contribution in [0.1, 0.15) is 152 Å². The van der Waals surface area contributed by atoms with E-state index in [1.807, 2.05) is 27.7 Å². The predicted molar refractivity (Wildman–Crippen MR) is 215 cm³/mol. The zero-order chi connectivity index (χ0) is 41.9. The Bertz CT molecular complexity index is 1120. The van der Waals surface area contributed by atoms with Crippen molar-refractivity contribution in [1.82, 2.24) is 20.9 Å². The number of ether oxygens (including phenoxy) is 4. The maximum Gasteiger partial charge on any atom is 0.303 e. The summed E-state index contributed by atoms with van der Waals surface area (Å²) in [4.78, 5) is 76.2. The van der Waals surface area contributed by atoms with Crippen molar-refractivity contribution in [3.05, 3.63) is 0 Å². The molecule has 324 valence electrons. The second-order valence-corrected chi connectivity index (χ2v) is 15.7. The number of nitrogens with one attached hydrogen (secondary N) is 3. The number of nitrogens with zero attached hydrogens (tertiary/aromatic N) is 1. The molecule has 3 N–H and O–H groups in total. The number of ketones is 1. The molecule has 0 aromatic carbocycles. The minimum absolute atomic E-state index is 0.00339. The topological polar surface area (TPSA) is 179 Å². The van der Waals surface area contributed by atoms with E-state index in [0.717, 1.165) is 64.2 Å². The number of hydrogen-bond acceptors (Lipinski definition) is 12. The fraction of sp³-hybridized carbons (Fsp3) is 0.857. The summed E-state index contributed by atoms with van der Waals surface area (Å²) in [6, 6.07) is 0. The molecule has 1 rings (SSSR count). The third kappa shape index (κ3) is 23.3. The number of esters is 2. The van der Waals surface area contributed by atoms with E-state index in [1.165, 1.54) is 13.8 Å². The molecule has 1 fully saturated rings. The van der Waals surface area contributed by atoms with Crippen LogP contribution in [-0.2, 0) is 47.7 Å². The first kappa shape index (κ1) is 51.1. The molecule has 1 aliphatic rings. The lowest BCUT2D eigenvalue weighted by Gasteiger charge is -2.47. The summed E-state index contributed by atoms with van der Waals surface area (Å²) >= 11 is 0. The Balaban J connectivity index is 2.87. The van der Waals surface area contributed by atoms with Crippen molar-refractivity contribution in [1.29, 1.82) is 0 Å². The molecule has 5 unspecified atom stereocenters. The molecule has 0 spiro atoms. The van der Waals surface area contributed by atoms with Crippen LogP contribution in [0.4, 0.5) is 0 Å². The molecule has 5 atom stereocenters. The normalized spacial score (nSPS) is 19.6. The summed E-state index contributed by atoms with van der Waals surface area (Å²) in [6.07, 6.45) is 8.24. The lowest BCUT2D eigenvalue weighted by Crippen LogP contribution is -2.61. The summed E-state index contributed by atoms with van der Waals surface area (Å²) in [5.41, 5.74) is 0. The van der Waals surface area contributed by atoms with Crippen molar-refractivity contribution in [2.24, 2.45) is 11.8 Å². The van der Waals surface area contributed by atoms with Crippen molar-refractivity contribution in [2.45, 2.75) is 182 Å². The summed E-state index contributed by atoms with van der Waals surface area (Å²) in [7, 11) is 0. The molecule has 56 heavy (non-hydrogen) atoms. The number of rotatable bonds is 31. The molecule has 3 amide bonds. The van der Waals surface area contributed by atoms with Gasteiger partial charge in [0, 0.05) is 71.8 Å². The zero-order valence-electron chi connectivity index (χ0n) is 35.9. The van der Waals surface area contributed by atoms with Gasteiger partial charge in [-0.05, 0) is 45.6 Å². The third-order valence-electron chi connectivity index (χ3n) is 9.77. The van der Waals surface area contributed by atoms with Gasteiger partial charge in [-0.25, -0.2) is 0 Å². The van der Waals surface area contributed by atoms with E-state index in [-0.39, 0.29) is 54.3 Å². The van der Waals surface area contributed by atoms with Gasteiger partial charge >= 0.3 is 11.9 Å². The molecular formula is C42H76N4O10. The number of unbranched alkanes of at least 4 members (excludes halogenated alkanes) is 8. The highest BCUT2D eigenvalue weighted by Crippen LogP contribution is 2.36. The molecule has 1 heterocycles. The summed E-state index contributed by atoms with van der Waals surface area (Å²) in [5.74, 6) is -2.24. The van der Waals surface area contributed by atoms with Gasteiger partial charge in [-0.15, -0.1) is 0 Å². The predicted octanol–water partition coefficient (Wildman–Crippen LogP) is 5.38. The standard InChI is InChI=1S/C42H76N4O10/c1-9-11-13-15-17-20-34(49)28-38(52)44-24-27-46(25-19-22-37(51)45-36(50)21-18-16-14-12-10-2)26-23-43-29-35-39(30(3)4)40(54-32(7)47)41(55-33(8)48)42(56-35)53-31(5)6/h30-31,35,39-43H,9-29H2,1-8H3,(H,44,52)(H,45,50,51). The third-order valence-corrected chi connectivity index (χ3v) is 9.77. The van der Waals surface area contributed by atoms with Crippen LogP contribution in [0, 0.1) is 11.8 Å². The van der Waals surface area contributed by atoms with Gasteiger partial charge in [0.05, 0.1) is 18.6 Å². The smallest absolute Gasteiger partial charge is 0.303 e. The van der Waals surface area contributed by atoms with E-state index < -0.39 is 36.5 Å². The number of carbonyl (C=O) groups is 6. The second kappa shape index (κ2) is 30.2. The fourth-order valence-electron chi connectivity index (χ4n) is 7.01. The Morgan fingerprint density at radius 3 is 1.79 bits per heavy atom. The number of amides is 3. The van der Waals surface area contributed by atoms with Gasteiger partial charge in [-0.2, -0.15) is 0 Å². The highest BCUT2D eigenvalue weighted by Gasteiger charge is 2.51. The maximum atomic E-state index is 12.6. The largest absolute Gasteiger partial charge is 0.458 e. The Kier molecular flexibility index (Phi) is 27.5. The molecule has 0 bridgehead atoms. The van der Waals surface area contributed by atoms with Gasteiger partial charge in [-0.3, -0.25) is 34.1 Å². The van der Waals surface area contributed by atoms with Crippen molar-refractivity contribution in [3.8, 4) is 0 Å². The first-order valence-electron chi connectivity index (χ1n) is 21.4. The van der Waals surface area contributed by atoms with Crippen molar-refractivity contribution in [2.75, 3.05) is 39.3 Å². The average Bonchev–Trinajstić information content (AvgIpc) is 3.10. The molecule has 14 nitrogen and oxygen atoms in total. The molecule has 0 radical (unpaired) electrons. The Morgan fingerprint density at radius 2 is 1.21 bits per heavy atom. The van der Waals surface area contributed by atoms with Gasteiger partial charge in [0.25, 0.3) is 0 Å². The van der Waals surface area contributed by atoms with Crippen molar-refractivity contribution < 1.29 is 47.7 Å². The molecule has 0 aromatic rings. The Morgan fingerprint density at radius 1 is 0.661 bits per heavy atom. The second-order valence-electron chi connectivity index (χ2n) is 15.7. The van der Waals surface area contributed by atoms with Gasteiger partial charge < -0.3 is 34.5 Å². The average molecular weight is 797 g/mol. The maximum absolute atomic E-state index is 12.6. The van der Waals surface area contributed by atoms with Crippen LogP contribution < -0.4 is 16.0 Å². The molecule has 0 aromatic heterocycles. The van der Waals surface area contributed by atoms with Gasteiger partial charge in [0.15, 0.2) is 12.4 Å². The Hall–Kier alpha value is -2.94. The first-order valence-corrected chi connectivity index (χ1v) is 21.4. The molecule has 0 saturated carbocycles. The van der Waals surface area contributed by atoms with Crippen LogP contribution >= 0.6 is 0 Å². The van der Waals surface area contributed by atoms with Gasteiger partial charge in [0.1, 0.15) is 11.9 Å². The molecule has 14 heteroatoms. The highest BCUT2D eigenvalue weighted by molar-refractivity contribution is 5.98.